The summed E-state index contributed by atoms with van der Waals surface area (Å²) in [5, 5.41) is 3.81. The molecule has 1 aliphatic rings. The lowest BCUT2D eigenvalue weighted by Gasteiger charge is -2.28. The van der Waals surface area contributed by atoms with Gasteiger partial charge in [0, 0.05) is 16.5 Å². The summed E-state index contributed by atoms with van der Waals surface area (Å²) in [6.07, 6.45) is 1.39. The van der Waals surface area contributed by atoms with Crippen molar-refractivity contribution < 1.29 is 13.9 Å². The van der Waals surface area contributed by atoms with Crippen LogP contribution in [0.15, 0.2) is 88.3 Å². The van der Waals surface area contributed by atoms with Crippen molar-refractivity contribution in [3.63, 3.8) is 0 Å². The van der Waals surface area contributed by atoms with E-state index >= 15 is 0 Å². The zero-order chi connectivity index (χ0) is 21.7. The zero-order valence-electron chi connectivity index (χ0n) is 16.8. The molecule has 0 unspecified atom stereocenters. The second kappa shape index (κ2) is 7.09. The molecule has 5 aromatic rings. The number of furan rings is 1. The van der Waals surface area contributed by atoms with Crippen LogP contribution in [-0.2, 0) is 11.3 Å². The van der Waals surface area contributed by atoms with Crippen LogP contribution in [0.25, 0.3) is 22.1 Å². The first-order chi connectivity index (χ1) is 15.7. The number of hydrogen-bond acceptors (Lipinski definition) is 5. The van der Waals surface area contributed by atoms with Crippen molar-refractivity contribution in [1.82, 2.24) is 14.9 Å². The van der Waals surface area contributed by atoms with E-state index in [1.54, 1.807) is 6.07 Å². The third-order valence-corrected chi connectivity index (χ3v) is 5.65. The molecule has 2 aromatic heterocycles. The predicted octanol–water partition coefficient (Wildman–Crippen LogP) is 4.15. The molecule has 0 aliphatic carbocycles. The highest BCUT2D eigenvalue weighted by molar-refractivity contribution is 6.01. The lowest BCUT2D eigenvalue weighted by Crippen LogP contribution is -2.36. The van der Waals surface area contributed by atoms with E-state index in [4.69, 9.17) is 9.15 Å². The molecule has 0 spiro atoms. The van der Waals surface area contributed by atoms with E-state index in [1.165, 1.54) is 10.9 Å². The summed E-state index contributed by atoms with van der Waals surface area (Å²) in [5.41, 5.74) is 2.55. The molecule has 6 rings (SSSR count). The van der Waals surface area contributed by atoms with Gasteiger partial charge in [-0.25, -0.2) is 4.98 Å². The van der Waals surface area contributed by atoms with Crippen molar-refractivity contribution in [2.45, 2.75) is 12.6 Å². The summed E-state index contributed by atoms with van der Waals surface area (Å²) >= 11 is 0. The summed E-state index contributed by atoms with van der Waals surface area (Å²) in [6.45, 7) is -0.180. The van der Waals surface area contributed by atoms with Crippen LogP contribution in [0.4, 0.5) is 0 Å². The van der Waals surface area contributed by atoms with E-state index in [2.05, 4.69) is 10.3 Å². The quantitative estimate of drug-likeness (QED) is 0.471. The van der Waals surface area contributed by atoms with Crippen molar-refractivity contribution in [3.05, 3.63) is 101 Å². The van der Waals surface area contributed by atoms with Gasteiger partial charge in [0.2, 0.25) is 11.5 Å². The monoisotopic (exact) mass is 423 g/mol. The van der Waals surface area contributed by atoms with Gasteiger partial charge in [0.1, 0.15) is 29.1 Å². The first-order valence-corrected chi connectivity index (χ1v) is 10.2. The minimum atomic E-state index is -0.394. The first-order valence-electron chi connectivity index (χ1n) is 10.2. The summed E-state index contributed by atoms with van der Waals surface area (Å²) in [6, 6.07) is 22.1. The lowest BCUT2D eigenvalue weighted by molar-refractivity contribution is -0.122. The molecule has 0 radical (unpaired) electrons. The average molecular weight is 423 g/mol. The van der Waals surface area contributed by atoms with E-state index in [1.807, 2.05) is 66.7 Å². The molecule has 1 aliphatic heterocycles. The highest BCUT2D eigenvalue weighted by atomic mass is 16.5. The molecule has 3 aromatic carbocycles. The van der Waals surface area contributed by atoms with Crippen molar-refractivity contribution in [1.29, 1.82) is 0 Å². The molecule has 0 fully saturated rings. The number of carbonyl (C=O) groups excluding carboxylic acids is 1. The molecule has 7 heteroatoms. The number of ether oxygens (including phenoxy) is 1. The highest BCUT2D eigenvalue weighted by Crippen LogP contribution is 2.42. The van der Waals surface area contributed by atoms with E-state index < -0.39 is 5.56 Å². The Bertz CT molecular complexity index is 1520. The van der Waals surface area contributed by atoms with Crippen LogP contribution in [0.1, 0.15) is 17.2 Å². The first kappa shape index (κ1) is 18.4. The van der Waals surface area contributed by atoms with Gasteiger partial charge < -0.3 is 14.5 Å². The maximum atomic E-state index is 13.0. The van der Waals surface area contributed by atoms with E-state index in [-0.39, 0.29) is 24.1 Å². The average Bonchev–Trinajstić information content (AvgIpc) is 3.20. The maximum Gasteiger partial charge on any atom is 0.297 e. The Morgan fingerprint density at radius 3 is 2.34 bits per heavy atom. The number of para-hydroxylation sites is 3. The topological polar surface area (TPSA) is 86.4 Å². The third kappa shape index (κ3) is 2.86. The second-order valence-electron chi connectivity index (χ2n) is 7.63. The number of rotatable bonds is 3. The van der Waals surface area contributed by atoms with E-state index in [0.29, 0.717) is 22.6 Å². The third-order valence-electron chi connectivity index (χ3n) is 5.65. The fourth-order valence-corrected chi connectivity index (χ4v) is 4.15. The SMILES string of the molecule is O=C(Cn1cnc2c(oc3ccccc32)c1=O)NC1c2ccccc2Oc2ccccc21. The van der Waals surface area contributed by atoms with Crippen molar-refractivity contribution in [3.8, 4) is 11.5 Å². The minimum Gasteiger partial charge on any atom is -0.457 e. The number of amides is 1. The van der Waals surface area contributed by atoms with Crippen molar-refractivity contribution in [2.75, 3.05) is 0 Å². The Morgan fingerprint density at radius 1 is 0.938 bits per heavy atom. The Balaban J connectivity index is 1.33. The number of hydrogen-bond donors (Lipinski definition) is 1. The number of benzene rings is 3. The van der Waals surface area contributed by atoms with Crippen LogP contribution < -0.4 is 15.6 Å². The largest absolute Gasteiger partial charge is 0.457 e. The number of fused-ring (bicyclic) bond motifs is 5. The van der Waals surface area contributed by atoms with E-state index in [0.717, 1.165) is 16.5 Å². The molecule has 1 amide bonds. The highest BCUT2D eigenvalue weighted by Gasteiger charge is 2.28. The Morgan fingerprint density at radius 2 is 1.59 bits per heavy atom. The number of nitrogens with one attached hydrogen (secondary N) is 1. The normalized spacial score (nSPS) is 12.9. The Kier molecular flexibility index (Phi) is 4.07. The zero-order valence-corrected chi connectivity index (χ0v) is 16.8. The standard InChI is InChI=1S/C25H17N3O4/c29-21(13-28-14-26-23-17-9-3-6-12-20(17)32-24(23)25(28)30)27-22-15-7-1-4-10-18(15)31-19-11-5-2-8-16(19)22/h1-12,14,22H,13H2,(H,27,29). The fraction of sp³-hybridized carbons (Fsp3) is 0.0800. The Labute approximate surface area is 181 Å². The van der Waals surface area contributed by atoms with Crippen LogP contribution in [0.2, 0.25) is 0 Å². The van der Waals surface area contributed by atoms with Gasteiger partial charge in [-0.2, -0.15) is 0 Å². The molecule has 156 valence electrons. The molecule has 7 nitrogen and oxygen atoms in total. The van der Waals surface area contributed by atoms with Crippen LogP contribution >= 0.6 is 0 Å². The lowest BCUT2D eigenvalue weighted by atomic mass is 9.94. The van der Waals surface area contributed by atoms with Gasteiger partial charge in [0.05, 0.1) is 12.4 Å². The minimum absolute atomic E-state index is 0.142. The molecule has 0 atom stereocenters. The molecular weight excluding hydrogens is 406 g/mol. The van der Waals surface area contributed by atoms with Crippen LogP contribution in [-0.4, -0.2) is 15.5 Å². The molecule has 0 bridgehead atoms. The van der Waals surface area contributed by atoms with Crippen LogP contribution in [0.3, 0.4) is 0 Å². The van der Waals surface area contributed by atoms with Gasteiger partial charge in [0.25, 0.3) is 5.56 Å². The van der Waals surface area contributed by atoms with Gasteiger partial charge in [-0.05, 0) is 24.3 Å². The van der Waals surface area contributed by atoms with Gasteiger partial charge in [-0.3, -0.25) is 14.2 Å². The number of nitrogens with zero attached hydrogens (tertiary/aromatic N) is 2. The number of carbonyl (C=O) groups is 1. The smallest absolute Gasteiger partial charge is 0.297 e. The maximum absolute atomic E-state index is 13.0. The fourth-order valence-electron chi connectivity index (χ4n) is 4.15. The van der Waals surface area contributed by atoms with Crippen molar-refractivity contribution in [2.24, 2.45) is 0 Å². The molecule has 0 saturated carbocycles. The molecule has 3 heterocycles. The Hall–Kier alpha value is -4.39. The second-order valence-corrected chi connectivity index (χ2v) is 7.63. The molecule has 1 N–H and O–H groups in total. The van der Waals surface area contributed by atoms with E-state index in [9.17, 15) is 9.59 Å². The summed E-state index contributed by atoms with van der Waals surface area (Å²) in [5.74, 6) is 1.07. The van der Waals surface area contributed by atoms with Gasteiger partial charge in [-0.15, -0.1) is 0 Å². The van der Waals surface area contributed by atoms with Crippen LogP contribution in [0, 0.1) is 0 Å². The molecule has 0 saturated heterocycles. The molecular formula is C25H17N3O4. The summed E-state index contributed by atoms with van der Waals surface area (Å²) < 4.78 is 12.9. The summed E-state index contributed by atoms with van der Waals surface area (Å²) in [7, 11) is 0. The number of aromatic nitrogens is 2. The summed E-state index contributed by atoms with van der Waals surface area (Å²) in [4.78, 5) is 30.3. The predicted molar refractivity (Wildman–Crippen MR) is 119 cm³/mol. The van der Waals surface area contributed by atoms with Gasteiger partial charge >= 0.3 is 0 Å². The van der Waals surface area contributed by atoms with Gasteiger partial charge in [-0.1, -0.05) is 48.5 Å². The van der Waals surface area contributed by atoms with Crippen molar-refractivity contribution >= 4 is 28.0 Å². The van der Waals surface area contributed by atoms with Crippen LogP contribution in [0.5, 0.6) is 11.5 Å². The van der Waals surface area contributed by atoms with Gasteiger partial charge in [0.15, 0.2) is 0 Å². The molecule has 32 heavy (non-hydrogen) atoms.